The lowest BCUT2D eigenvalue weighted by Crippen LogP contribution is -2.51. The molecule has 3 nitrogen and oxygen atoms in total. The van der Waals surface area contributed by atoms with Crippen molar-refractivity contribution in [2.75, 3.05) is 6.61 Å². The summed E-state index contributed by atoms with van der Waals surface area (Å²) in [7, 11) is 0. The van der Waals surface area contributed by atoms with E-state index in [0.29, 0.717) is 19.4 Å². The van der Waals surface area contributed by atoms with Crippen molar-refractivity contribution in [3.63, 3.8) is 0 Å². The molecule has 0 amide bonds. The largest absolute Gasteiger partial charge is 0.481 e. The van der Waals surface area contributed by atoms with E-state index in [9.17, 15) is 4.79 Å². The number of carbonyl (C=O) groups is 1. The van der Waals surface area contributed by atoms with E-state index in [1.807, 2.05) is 6.92 Å². The first-order valence-corrected chi connectivity index (χ1v) is 4.94. The standard InChI is InChI=1S/C10H16O3/c1-9(8(11)12)5-6-13-10(7-9)3-2-4-10/h2-7H2,1H3,(H,11,12). The van der Waals surface area contributed by atoms with Crippen LogP contribution in [0.4, 0.5) is 0 Å². The zero-order chi connectivity index (χ0) is 9.53. The zero-order valence-corrected chi connectivity index (χ0v) is 8.01. The first-order chi connectivity index (χ1) is 6.06. The average molecular weight is 184 g/mol. The lowest BCUT2D eigenvalue weighted by Gasteiger charge is -2.49. The molecular formula is C10H16O3. The van der Waals surface area contributed by atoms with Crippen LogP contribution in [-0.4, -0.2) is 23.3 Å². The summed E-state index contributed by atoms with van der Waals surface area (Å²) in [6.45, 7) is 2.46. The van der Waals surface area contributed by atoms with Crippen LogP contribution in [0.1, 0.15) is 39.0 Å². The van der Waals surface area contributed by atoms with Crippen molar-refractivity contribution in [1.29, 1.82) is 0 Å². The molecule has 74 valence electrons. The molecule has 1 spiro atoms. The molecule has 1 heterocycles. The third kappa shape index (κ3) is 1.35. The maximum Gasteiger partial charge on any atom is 0.309 e. The van der Waals surface area contributed by atoms with Gasteiger partial charge < -0.3 is 9.84 Å². The summed E-state index contributed by atoms with van der Waals surface area (Å²) in [6.07, 6.45) is 4.65. The van der Waals surface area contributed by atoms with Crippen LogP contribution in [0.15, 0.2) is 0 Å². The molecule has 1 saturated carbocycles. The highest BCUT2D eigenvalue weighted by atomic mass is 16.5. The van der Waals surface area contributed by atoms with E-state index < -0.39 is 11.4 Å². The number of hydrogen-bond donors (Lipinski definition) is 1. The van der Waals surface area contributed by atoms with Crippen LogP contribution in [0.2, 0.25) is 0 Å². The molecule has 1 atom stereocenters. The Kier molecular flexibility index (Phi) is 1.88. The van der Waals surface area contributed by atoms with Gasteiger partial charge in [0.25, 0.3) is 0 Å². The summed E-state index contributed by atoms with van der Waals surface area (Å²) in [5, 5.41) is 9.09. The Morgan fingerprint density at radius 2 is 2.08 bits per heavy atom. The molecule has 1 aliphatic heterocycles. The third-order valence-electron chi connectivity index (χ3n) is 3.56. The highest BCUT2D eigenvalue weighted by Crippen LogP contribution is 2.48. The molecular weight excluding hydrogens is 168 g/mol. The second kappa shape index (κ2) is 2.71. The Morgan fingerprint density at radius 1 is 1.38 bits per heavy atom. The van der Waals surface area contributed by atoms with Crippen LogP contribution in [0, 0.1) is 5.41 Å². The second-order valence-electron chi connectivity index (χ2n) is 4.68. The molecule has 0 radical (unpaired) electrons. The maximum atomic E-state index is 11.0. The molecule has 0 aromatic carbocycles. The van der Waals surface area contributed by atoms with E-state index in [2.05, 4.69) is 0 Å². The Balaban J connectivity index is 2.11. The summed E-state index contributed by atoms with van der Waals surface area (Å²) in [5.41, 5.74) is -0.607. The lowest BCUT2D eigenvalue weighted by atomic mass is 9.66. The summed E-state index contributed by atoms with van der Waals surface area (Å²) < 4.78 is 5.68. The normalized spacial score (nSPS) is 37.0. The van der Waals surface area contributed by atoms with E-state index in [1.54, 1.807) is 0 Å². The molecule has 0 aromatic heterocycles. The van der Waals surface area contributed by atoms with Gasteiger partial charge in [0, 0.05) is 6.61 Å². The van der Waals surface area contributed by atoms with Crippen molar-refractivity contribution in [2.24, 2.45) is 5.41 Å². The predicted molar refractivity (Wildman–Crippen MR) is 47.5 cm³/mol. The number of ether oxygens (including phenoxy) is 1. The van der Waals surface area contributed by atoms with Crippen molar-refractivity contribution >= 4 is 5.97 Å². The van der Waals surface area contributed by atoms with Gasteiger partial charge in [-0.2, -0.15) is 0 Å². The molecule has 0 aromatic rings. The van der Waals surface area contributed by atoms with Crippen LogP contribution in [-0.2, 0) is 9.53 Å². The van der Waals surface area contributed by atoms with Crippen LogP contribution in [0.3, 0.4) is 0 Å². The minimum absolute atomic E-state index is 0.0641. The average Bonchev–Trinajstić information content (AvgIpc) is 2.01. The summed E-state index contributed by atoms with van der Waals surface area (Å²) in [5.74, 6) is -0.665. The number of hydrogen-bond acceptors (Lipinski definition) is 2. The molecule has 0 bridgehead atoms. The minimum atomic E-state index is -0.665. The van der Waals surface area contributed by atoms with Crippen molar-refractivity contribution in [1.82, 2.24) is 0 Å². The Labute approximate surface area is 78.1 Å². The molecule has 2 rings (SSSR count). The highest BCUT2D eigenvalue weighted by molar-refractivity contribution is 5.74. The summed E-state index contributed by atoms with van der Waals surface area (Å²) >= 11 is 0. The maximum absolute atomic E-state index is 11.0. The van der Waals surface area contributed by atoms with Gasteiger partial charge in [-0.25, -0.2) is 0 Å². The molecule has 1 aliphatic carbocycles. The van der Waals surface area contributed by atoms with E-state index in [-0.39, 0.29) is 5.60 Å². The smallest absolute Gasteiger partial charge is 0.309 e. The molecule has 3 heteroatoms. The monoisotopic (exact) mass is 184 g/mol. The SMILES string of the molecule is CC1(C(=O)O)CCOC2(CCC2)C1. The molecule has 1 unspecified atom stereocenters. The highest BCUT2D eigenvalue weighted by Gasteiger charge is 2.50. The van der Waals surface area contributed by atoms with Crippen molar-refractivity contribution in [3.8, 4) is 0 Å². The first kappa shape index (κ1) is 9.00. The van der Waals surface area contributed by atoms with Crippen LogP contribution < -0.4 is 0 Å². The third-order valence-corrected chi connectivity index (χ3v) is 3.56. The van der Waals surface area contributed by atoms with E-state index in [0.717, 1.165) is 12.8 Å². The van der Waals surface area contributed by atoms with Crippen LogP contribution in [0.25, 0.3) is 0 Å². The molecule has 1 N–H and O–H groups in total. The van der Waals surface area contributed by atoms with Crippen molar-refractivity contribution in [3.05, 3.63) is 0 Å². The fraction of sp³-hybridized carbons (Fsp3) is 0.900. The molecule has 1 saturated heterocycles. The van der Waals surface area contributed by atoms with Crippen molar-refractivity contribution < 1.29 is 14.6 Å². The fourth-order valence-corrected chi connectivity index (χ4v) is 2.42. The Hall–Kier alpha value is -0.570. The van der Waals surface area contributed by atoms with Gasteiger partial charge in [0.05, 0.1) is 11.0 Å². The Morgan fingerprint density at radius 3 is 2.54 bits per heavy atom. The lowest BCUT2D eigenvalue weighted by molar-refractivity contribution is -0.185. The number of aliphatic carboxylic acids is 1. The number of carboxylic acid groups (broad SMARTS) is 1. The van der Waals surface area contributed by atoms with Gasteiger partial charge >= 0.3 is 5.97 Å². The zero-order valence-electron chi connectivity index (χ0n) is 8.01. The number of carboxylic acids is 1. The van der Waals surface area contributed by atoms with Crippen LogP contribution in [0.5, 0.6) is 0 Å². The van der Waals surface area contributed by atoms with Gasteiger partial charge in [-0.15, -0.1) is 0 Å². The molecule has 2 aliphatic rings. The summed E-state index contributed by atoms with van der Waals surface area (Å²) in [6, 6.07) is 0. The summed E-state index contributed by atoms with van der Waals surface area (Å²) in [4.78, 5) is 11.0. The fourth-order valence-electron chi connectivity index (χ4n) is 2.42. The predicted octanol–water partition coefficient (Wildman–Crippen LogP) is 1.81. The quantitative estimate of drug-likeness (QED) is 0.676. The topological polar surface area (TPSA) is 46.5 Å². The second-order valence-corrected chi connectivity index (χ2v) is 4.68. The van der Waals surface area contributed by atoms with E-state index in [4.69, 9.17) is 9.84 Å². The van der Waals surface area contributed by atoms with Gasteiger partial charge in [-0.3, -0.25) is 4.79 Å². The van der Waals surface area contributed by atoms with Gasteiger partial charge in [-0.05, 0) is 39.0 Å². The van der Waals surface area contributed by atoms with Crippen molar-refractivity contribution in [2.45, 2.75) is 44.6 Å². The minimum Gasteiger partial charge on any atom is -0.481 e. The number of rotatable bonds is 1. The van der Waals surface area contributed by atoms with Gasteiger partial charge in [-0.1, -0.05) is 0 Å². The Bertz CT molecular complexity index is 232. The van der Waals surface area contributed by atoms with E-state index >= 15 is 0 Å². The first-order valence-electron chi connectivity index (χ1n) is 4.94. The van der Waals surface area contributed by atoms with Crippen LogP contribution >= 0.6 is 0 Å². The van der Waals surface area contributed by atoms with Gasteiger partial charge in [0.15, 0.2) is 0 Å². The van der Waals surface area contributed by atoms with E-state index in [1.165, 1.54) is 6.42 Å². The molecule has 13 heavy (non-hydrogen) atoms. The van der Waals surface area contributed by atoms with Gasteiger partial charge in [0.1, 0.15) is 0 Å². The molecule has 2 fully saturated rings. The van der Waals surface area contributed by atoms with Gasteiger partial charge in [0.2, 0.25) is 0 Å².